The van der Waals surface area contributed by atoms with Gasteiger partial charge in [-0.25, -0.2) is 4.68 Å². The number of hydrogen-bond donors (Lipinski definition) is 1. The van der Waals surface area contributed by atoms with E-state index in [-0.39, 0.29) is 6.61 Å². The number of aromatic nitrogens is 2. The summed E-state index contributed by atoms with van der Waals surface area (Å²) >= 11 is 0. The van der Waals surface area contributed by atoms with E-state index >= 15 is 0 Å². The molecule has 3 aromatic rings. The number of methoxy groups -OCH3 is 2. The number of nitrogens with zero attached hydrogens (tertiary/aromatic N) is 2. The van der Waals surface area contributed by atoms with Crippen molar-refractivity contribution in [2.24, 2.45) is 0 Å². The third-order valence-corrected chi connectivity index (χ3v) is 3.96. The molecule has 1 aromatic heterocycles. The van der Waals surface area contributed by atoms with Gasteiger partial charge in [-0.3, -0.25) is 0 Å². The van der Waals surface area contributed by atoms with E-state index in [1.54, 1.807) is 18.9 Å². The van der Waals surface area contributed by atoms with Crippen LogP contribution in [0.25, 0.3) is 16.9 Å². The highest BCUT2D eigenvalue weighted by atomic mass is 16.5. The predicted molar refractivity (Wildman–Crippen MR) is 99.2 cm³/mol. The van der Waals surface area contributed by atoms with E-state index in [9.17, 15) is 5.11 Å². The Bertz CT molecular complexity index is 867. The van der Waals surface area contributed by atoms with Crippen LogP contribution in [0.3, 0.4) is 0 Å². The Morgan fingerprint density at radius 3 is 2.31 bits per heavy atom. The maximum absolute atomic E-state index is 9.59. The van der Waals surface area contributed by atoms with Crippen LogP contribution in [-0.2, 0) is 6.61 Å². The predicted octanol–water partition coefficient (Wildman–Crippen LogP) is 3.45. The minimum absolute atomic E-state index is 0.155. The molecule has 26 heavy (non-hydrogen) atoms. The van der Waals surface area contributed by atoms with Gasteiger partial charge in [-0.2, -0.15) is 5.10 Å². The first-order valence-electron chi connectivity index (χ1n) is 8.35. The summed E-state index contributed by atoms with van der Waals surface area (Å²) in [6.45, 7) is 2.33. The van der Waals surface area contributed by atoms with Gasteiger partial charge in [-0.1, -0.05) is 12.1 Å². The van der Waals surface area contributed by atoms with Crippen molar-refractivity contribution in [3.8, 4) is 34.2 Å². The average Bonchev–Trinajstić information content (AvgIpc) is 3.12. The number of ether oxygens (including phenoxy) is 3. The number of aliphatic hydroxyl groups excluding tert-OH is 1. The second kappa shape index (κ2) is 7.93. The number of rotatable bonds is 7. The van der Waals surface area contributed by atoms with Gasteiger partial charge < -0.3 is 19.3 Å². The summed E-state index contributed by atoms with van der Waals surface area (Å²) in [4.78, 5) is 0. The Hall–Kier alpha value is -2.99. The van der Waals surface area contributed by atoms with Crippen molar-refractivity contribution >= 4 is 0 Å². The normalized spacial score (nSPS) is 10.6. The van der Waals surface area contributed by atoms with Gasteiger partial charge in [0.15, 0.2) is 0 Å². The lowest BCUT2D eigenvalue weighted by atomic mass is 10.1. The Kier molecular flexibility index (Phi) is 5.43. The van der Waals surface area contributed by atoms with Crippen molar-refractivity contribution in [1.29, 1.82) is 0 Å². The first kappa shape index (κ1) is 17.8. The lowest BCUT2D eigenvalue weighted by Crippen LogP contribution is -2.04. The summed E-state index contributed by atoms with van der Waals surface area (Å²) in [6, 6.07) is 15.1. The summed E-state index contributed by atoms with van der Waals surface area (Å²) in [5, 5.41) is 14.1. The lowest BCUT2D eigenvalue weighted by Gasteiger charge is -2.14. The first-order valence-corrected chi connectivity index (χ1v) is 8.35. The van der Waals surface area contributed by atoms with Gasteiger partial charge in [0.05, 0.1) is 38.8 Å². The largest absolute Gasteiger partial charge is 0.497 e. The molecule has 0 unspecified atom stereocenters. The maximum atomic E-state index is 9.59. The third kappa shape index (κ3) is 3.50. The fourth-order valence-electron chi connectivity index (χ4n) is 2.76. The Morgan fingerprint density at radius 2 is 1.69 bits per heavy atom. The zero-order valence-corrected chi connectivity index (χ0v) is 15.1. The average molecular weight is 354 g/mol. The van der Waals surface area contributed by atoms with Crippen LogP contribution in [-0.4, -0.2) is 35.7 Å². The number of hydrogen-bond acceptors (Lipinski definition) is 5. The molecule has 0 saturated carbocycles. The van der Waals surface area contributed by atoms with E-state index in [0.717, 1.165) is 22.7 Å². The van der Waals surface area contributed by atoms with E-state index in [0.29, 0.717) is 23.8 Å². The fourth-order valence-corrected chi connectivity index (χ4v) is 2.76. The molecular weight excluding hydrogens is 332 g/mol. The fraction of sp³-hybridized carbons (Fsp3) is 0.250. The molecule has 0 amide bonds. The molecule has 6 heteroatoms. The van der Waals surface area contributed by atoms with Gasteiger partial charge in [0, 0.05) is 11.6 Å². The molecule has 0 bridgehead atoms. The van der Waals surface area contributed by atoms with Crippen molar-refractivity contribution in [2.45, 2.75) is 13.5 Å². The van der Waals surface area contributed by atoms with Crippen LogP contribution in [0, 0.1) is 0 Å². The van der Waals surface area contributed by atoms with Crippen molar-refractivity contribution in [2.75, 3.05) is 20.8 Å². The number of aliphatic hydroxyl groups is 1. The van der Waals surface area contributed by atoms with Gasteiger partial charge >= 0.3 is 0 Å². The molecule has 0 saturated heterocycles. The maximum Gasteiger partial charge on any atom is 0.144 e. The lowest BCUT2D eigenvalue weighted by molar-refractivity contribution is 0.276. The van der Waals surface area contributed by atoms with Crippen LogP contribution in [0.2, 0.25) is 0 Å². The molecule has 0 aliphatic heterocycles. The second-order valence-corrected chi connectivity index (χ2v) is 5.59. The van der Waals surface area contributed by atoms with Crippen LogP contribution in [0.5, 0.6) is 17.2 Å². The summed E-state index contributed by atoms with van der Waals surface area (Å²) in [5.74, 6) is 2.07. The molecule has 0 fully saturated rings. The second-order valence-electron chi connectivity index (χ2n) is 5.59. The van der Waals surface area contributed by atoms with Crippen molar-refractivity contribution < 1.29 is 19.3 Å². The molecule has 0 aliphatic carbocycles. The van der Waals surface area contributed by atoms with Gasteiger partial charge in [-0.15, -0.1) is 0 Å². The zero-order chi connectivity index (χ0) is 18.5. The van der Waals surface area contributed by atoms with E-state index < -0.39 is 0 Å². The molecule has 136 valence electrons. The number of para-hydroxylation sites is 2. The molecule has 0 spiro atoms. The van der Waals surface area contributed by atoms with Gasteiger partial charge in [0.2, 0.25) is 0 Å². The SMILES string of the molecule is CCOc1ccccc1-n1nc(CO)cc1-c1cc(OC)cc(OC)c1. The molecule has 3 rings (SSSR count). The van der Waals surface area contributed by atoms with E-state index in [4.69, 9.17) is 14.2 Å². The smallest absolute Gasteiger partial charge is 0.144 e. The molecule has 6 nitrogen and oxygen atoms in total. The van der Waals surface area contributed by atoms with Gasteiger partial charge in [-0.05, 0) is 37.3 Å². The van der Waals surface area contributed by atoms with Crippen molar-refractivity contribution in [1.82, 2.24) is 9.78 Å². The standard InChI is InChI=1S/C20H22N2O4/c1-4-26-20-8-6-5-7-18(20)22-19(11-15(13-23)21-22)14-9-16(24-2)12-17(10-14)25-3/h5-12,23H,4,13H2,1-3H3. The van der Waals surface area contributed by atoms with E-state index in [1.807, 2.05) is 55.5 Å². The molecule has 1 N–H and O–H groups in total. The van der Waals surface area contributed by atoms with E-state index in [2.05, 4.69) is 5.10 Å². The summed E-state index contributed by atoms with van der Waals surface area (Å²) in [5.41, 5.74) is 3.03. The molecular formula is C20H22N2O4. The number of benzene rings is 2. The summed E-state index contributed by atoms with van der Waals surface area (Å²) in [6.07, 6.45) is 0. The monoisotopic (exact) mass is 354 g/mol. The van der Waals surface area contributed by atoms with Crippen LogP contribution in [0.15, 0.2) is 48.5 Å². The van der Waals surface area contributed by atoms with Crippen molar-refractivity contribution in [3.63, 3.8) is 0 Å². The van der Waals surface area contributed by atoms with Crippen LogP contribution < -0.4 is 14.2 Å². The van der Waals surface area contributed by atoms with E-state index in [1.165, 1.54) is 0 Å². The minimum Gasteiger partial charge on any atom is -0.497 e. The molecule has 0 radical (unpaired) electrons. The third-order valence-electron chi connectivity index (χ3n) is 3.96. The van der Waals surface area contributed by atoms with Gasteiger partial charge in [0.25, 0.3) is 0 Å². The quantitative estimate of drug-likeness (QED) is 0.704. The molecule has 2 aromatic carbocycles. The summed E-state index contributed by atoms with van der Waals surface area (Å²) in [7, 11) is 3.22. The Balaban J connectivity index is 2.20. The zero-order valence-electron chi connectivity index (χ0n) is 15.1. The summed E-state index contributed by atoms with van der Waals surface area (Å²) < 4.78 is 18.3. The molecule has 0 aliphatic rings. The van der Waals surface area contributed by atoms with Crippen LogP contribution >= 0.6 is 0 Å². The Morgan fingerprint density at radius 1 is 1.00 bits per heavy atom. The molecule has 1 heterocycles. The minimum atomic E-state index is -0.155. The highest BCUT2D eigenvalue weighted by molar-refractivity contribution is 5.67. The highest BCUT2D eigenvalue weighted by Gasteiger charge is 2.16. The highest BCUT2D eigenvalue weighted by Crippen LogP contribution is 2.33. The molecule has 0 atom stereocenters. The van der Waals surface area contributed by atoms with Crippen LogP contribution in [0.1, 0.15) is 12.6 Å². The van der Waals surface area contributed by atoms with Gasteiger partial charge in [0.1, 0.15) is 22.9 Å². The first-order chi connectivity index (χ1) is 12.7. The Labute approximate surface area is 152 Å². The van der Waals surface area contributed by atoms with Crippen LogP contribution in [0.4, 0.5) is 0 Å². The van der Waals surface area contributed by atoms with Crippen molar-refractivity contribution in [3.05, 3.63) is 54.2 Å². The topological polar surface area (TPSA) is 65.7 Å².